The fourth-order valence-corrected chi connectivity index (χ4v) is 2.33. The fraction of sp³-hybridized carbons (Fsp3) is 0.0625. The standard InChI is InChI=1S/C16H11FN4O/c1-21-9-18-13-8-11(4-7-14(13)21)15-19-16(22-20-15)10-2-5-12(17)6-3-10/h2-9H,1H3. The fourth-order valence-electron chi connectivity index (χ4n) is 2.33. The lowest BCUT2D eigenvalue weighted by atomic mass is 10.2. The van der Waals surface area contributed by atoms with Crippen LogP contribution in [0.15, 0.2) is 53.3 Å². The summed E-state index contributed by atoms with van der Waals surface area (Å²) in [6.45, 7) is 0. The molecule has 6 heteroatoms. The predicted octanol–water partition coefficient (Wildman–Crippen LogP) is 3.43. The summed E-state index contributed by atoms with van der Waals surface area (Å²) < 4.78 is 20.1. The van der Waals surface area contributed by atoms with Crippen molar-refractivity contribution in [3.63, 3.8) is 0 Å². The van der Waals surface area contributed by atoms with Crippen molar-refractivity contribution < 1.29 is 8.91 Å². The minimum absolute atomic E-state index is 0.302. The van der Waals surface area contributed by atoms with Gasteiger partial charge in [-0.05, 0) is 42.5 Å². The van der Waals surface area contributed by atoms with Gasteiger partial charge in [-0.15, -0.1) is 0 Å². The molecule has 0 unspecified atom stereocenters. The number of benzene rings is 2. The lowest BCUT2D eigenvalue weighted by Crippen LogP contribution is -1.85. The van der Waals surface area contributed by atoms with Gasteiger partial charge in [0.15, 0.2) is 0 Å². The number of nitrogens with zero attached hydrogens (tertiary/aromatic N) is 4. The molecule has 4 aromatic rings. The summed E-state index contributed by atoms with van der Waals surface area (Å²) in [6, 6.07) is 11.7. The quantitative estimate of drug-likeness (QED) is 0.568. The van der Waals surface area contributed by atoms with E-state index in [-0.39, 0.29) is 5.82 Å². The molecular formula is C16H11FN4O. The summed E-state index contributed by atoms with van der Waals surface area (Å²) in [6.07, 6.45) is 1.76. The molecule has 5 nitrogen and oxygen atoms in total. The molecule has 0 amide bonds. The van der Waals surface area contributed by atoms with Crippen LogP contribution in [0.2, 0.25) is 0 Å². The van der Waals surface area contributed by atoms with Crippen LogP contribution >= 0.6 is 0 Å². The normalized spacial score (nSPS) is 11.2. The van der Waals surface area contributed by atoms with E-state index in [0.29, 0.717) is 17.3 Å². The van der Waals surface area contributed by atoms with Crippen LogP contribution in [0, 0.1) is 5.82 Å². The number of hydrogen-bond acceptors (Lipinski definition) is 4. The van der Waals surface area contributed by atoms with E-state index in [9.17, 15) is 4.39 Å². The van der Waals surface area contributed by atoms with Crippen molar-refractivity contribution in [2.75, 3.05) is 0 Å². The van der Waals surface area contributed by atoms with Gasteiger partial charge in [0.2, 0.25) is 5.82 Å². The molecule has 108 valence electrons. The molecule has 0 saturated carbocycles. The number of halogens is 1. The average molecular weight is 294 g/mol. The first-order chi connectivity index (χ1) is 10.7. The molecule has 0 bridgehead atoms. The van der Waals surface area contributed by atoms with E-state index < -0.39 is 0 Å². The summed E-state index contributed by atoms with van der Waals surface area (Å²) in [5, 5.41) is 3.98. The monoisotopic (exact) mass is 294 g/mol. The minimum Gasteiger partial charge on any atom is -0.334 e. The number of fused-ring (bicyclic) bond motifs is 1. The van der Waals surface area contributed by atoms with E-state index in [0.717, 1.165) is 16.6 Å². The van der Waals surface area contributed by atoms with Gasteiger partial charge in [-0.25, -0.2) is 9.37 Å². The lowest BCUT2D eigenvalue weighted by molar-refractivity contribution is 0.432. The first-order valence-electron chi connectivity index (χ1n) is 6.72. The Balaban J connectivity index is 1.74. The van der Waals surface area contributed by atoms with E-state index in [2.05, 4.69) is 15.1 Å². The van der Waals surface area contributed by atoms with Crippen LogP contribution in [0.3, 0.4) is 0 Å². The van der Waals surface area contributed by atoms with Crippen molar-refractivity contribution in [1.82, 2.24) is 19.7 Å². The molecule has 22 heavy (non-hydrogen) atoms. The summed E-state index contributed by atoms with van der Waals surface area (Å²) in [5.74, 6) is 0.534. The highest BCUT2D eigenvalue weighted by molar-refractivity contribution is 5.80. The number of imidazole rings is 1. The molecule has 0 aliphatic rings. The molecule has 0 radical (unpaired) electrons. The highest BCUT2D eigenvalue weighted by Gasteiger charge is 2.12. The van der Waals surface area contributed by atoms with Crippen molar-refractivity contribution in [3.8, 4) is 22.8 Å². The molecular weight excluding hydrogens is 283 g/mol. The predicted molar refractivity (Wildman–Crippen MR) is 79.4 cm³/mol. The number of rotatable bonds is 2. The maximum absolute atomic E-state index is 12.9. The van der Waals surface area contributed by atoms with E-state index in [1.807, 2.05) is 29.8 Å². The van der Waals surface area contributed by atoms with Crippen LogP contribution in [0.5, 0.6) is 0 Å². The van der Waals surface area contributed by atoms with Crippen LogP contribution in [0.4, 0.5) is 4.39 Å². The molecule has 2 heterocycles. The third-order valence-corrected chi connectivity index (χ3v) is 3.50. The first kappa shape index (κ1) is 12.7. The van der Waals surface area contributed by atoms with Crippen LogP contribution in [0.25, 0.3) is 33.9 Å². The van der Waals surface area contributed by atoms with E-state index in [4.69, 9.17) is 4.52 Å². The minimum atomic E-state index is -0.302. The Morgan fingerprint density at radius 2 is 1.82 bits per heavy atom. The first-order valence-corrected chi connectivity index (χ1v) is 6.72. The average Bonchev–Trinajstić information content (AvgIpc) is 3.15. The molecule has 2 aromatic heterocycles. The van der Waals surface area contributed by atoms with Gasteiger partial charge in [-0.1, -0.05) is 5.16 Å². The van der Waals surface area contributed by atoms with Crippen molar-refractivity contribution in [2.24, 2.45) is 7.05 Å². The van der Waals surface area contributed by atoms with Crippen LogP contribution in [-0.2, 0) is 7.05 Å². The van der Waals surface area contributed by atoms with Crippen LogP contribution in [0.1, 0.15) is 0 Å². The zero-order chi connectivity index (χ0) is 15.1. The van der Waals surface area contributed by atoms with Gasteiger partial charge in [0.05, 0.1) is 17.4 Å². The molecule has 0 fully saturated rings. The Hall–Kier alpha value is -3.02. The highest BCUT2D eigenvalue weighted by atomic mass is 19.1. The summed E-state index contributed by atoms with van der Waals surface area (Å²) in [5.41, 5.74) is 3.40. The molecule has 0 N–H and O–H groups in total. The maximum atomic E-state index is 12.9. The van der Waals surface area contributed by atoms with Gasteiger partial charge in [0, 0.05) is 18.2 Å². The topological polar surface area (TPSA) is 56.7 Å². The molecule has 0 spiro atoms. The third-order valence-electron chi connectivity index (χ3n) is 3.50. The maximum Gasteiger partial charge on any atom is 0.258 e. The van der Waals surface area contributed by atoms with Crippen molar-refractivity contribution in [1.29, 1.82) is 0 Å². The van der Waals surface area contributed by atoms with Crippen LogP contribution < -0.4 is 0 Å². The number of hydrogen-bond donors (Lipinski definition) is 0. The number of aryl methyl sites for hydroxylation is 1. The summed E-state index contributed by atoms with van der Waals surface area (Å²) in [7, 11) is 1.94. The Morgan fingerprint density at radius 1 is 1.05 bits per heavy atom. The molecule has 0 aliphatic heterocycles. The molecule has 2 aromatic carbocycles. The van der Waals surface area contributed by atoms with Gasteiger partial charge < -0.3 is 9.09 Å². The zero-order valence-electron chi connectivity index (χ0n) is 11.7. The second-order valence-electron chi connectivity index (χ2n) is 4.99. The SMILES string of the molecule is Cn1cnc2cc(-c3noc(-c4ccc(F)cc4)n3)ccc21. The Morgan fingerprint density at radius 3 is 2.64 bits per heavy atom. The second-order valence-corrected chi connectivity index (χ2v) is 4.99. The highest BCUT2D eigenvalue weighted by Crippen LogP contribution is 2.24. The van der Waals surface area contributed by atoms with Crippen molar-refractivity contribution >= 4 is 11.0 Å². The summed E-state index contributed by atoms with van der Waals surface area (Å²) in [4.78, 5) is 8.67. The van der Waals surface area contributed by atoms with Gasteiger partial charge in [-0.2, -0.15) is 4.98 Å². The Bertz CT molecular complexity index is 956. The largest absolute Gasteiger partial charge is 0.334 e. The second kappa shape index (κ2) is 4.77. The third kappa shape index (κ3) is 2.05. The van der Waals surface area contributed by atoms with Crippen LogP contribution in [-0.4, -0.2) is 19.7 Å². The molecule has 0 atom stereocenters. The van der Waals surface area contributed by atoms with Gasteiger partial charge in [0.25, 0.3) is 5.89 Å². The van der Waals surface area contributed by atoms with Gasteiger partial charge >= 0.3 is 0 Å². The zero-order valence-corrected chi connectivity index (χ0v) is 11.7. The molecule has 4 rings (SSSR count). The van der Waals surface area contributed by atoms with E-state index >= 15 is 0 Å². The van der Waals surface area contributed by atoms with E-state index in [1.54, 1.807) is 18.5 Å². The molecule has 0 aliphatic carbocycles. The van der Waals surface area contributed by atoms with Crippen molar-refractivity contribution in [2.45, 2.75) is 0 Å². The smallest absolute Gasteiger partial charge is 0.258 e. The lowest BCUT2D eigenvalue weighted by Gasteiger charge is -1.96. The van der Waals surface area contributed by atoms with Crippen molar-refractivity contribution in [3.05, 3.63) is 54.6 Å². The van der Waals surface area contributed by atoms with Gasteiger partial charge in [0.1, 0.15) is 5.82 Å². The molecule has 0 saturated heterocycles. The number of aromatic nitrogens is 4. The Labute approximate surface area is 125 Å². The van der Waals surface area contributed by atoms with Gasteiger partial charge in [-0.3, -0.25) is 0 Å². The Kier molecular flexibility index (Phi) is 2.75. The summed E-state index contributed by atoms with van der Waals surface area (Å²) >= 11 is 0. The van der Waals surface area contributed by atoms with E-state index in [1.165, 1.54) is 12.1 Å².